The molecule has 0 saturated heterocycles. The first-order valence-corrected chi connectivity index (χ1v) is 7.08. The molecule has 3 N–H and O–H groups in total. The fraction of sp³-hybridized carbons (Fsp3) is 0.235. The van der Waals surface area contributed by atoms with Crippen LogP contribution in [-0.4, -0.2) is 5.91 Å². The van der Waals surface area contributed by atoms with Crippen molar-refractivity contribution in [1.82, 2.24) is 0 Å². The van der Waals surface area contributed by atoms with Crippen LogP contribution in [0.5, 0.6) is 5.75 Å². The minimum Gasteiger partial charge on any atom is -0.489 e. The summed E-state index contributed by atoms with van der Waals surface area (Å²) in [6.07, 6.45) is 1.31. The smallest absolute Gasteiger partial charge is 0.224 e. The summed E-state index contributed by atoms with van der Waals surface area (Å²) >= 11 is 0. The molecule has 0 saturated carbocycles. The molecule has 4 nitrogen and oxygen atoms in total. The standard InChI is InChI=1S/C17H18N2O2/c18-10-12-1-3-13(4-2-12)11-21-15-6-7-16-14(9-15)5-8-17(20)19-16/h1-4,6-7,9H,5,8,10-11,18H2,(H,19,20). The predicted molar refractivity (Wildman–Crippen MR) is 82.1 cm³/mol. The number of aryl methyl sites for hydroxylation is 1. The number of anilines is 1. The van der Waals surface area contributed by atoms with Crippen molar-refractivity contribution >= 4 is 11.6 Å². The number of nitrogens with two attached hydrogens (primary N) is 1. The van der Waals surface area contributed by atoms with Crippen LogP contribution in [0, 0.1) is 0 Å². The average Bonchev–Trinajstić information content (AvgIpc) is 2.53. The first kappa shape index (κ1) is 13.6. The average molecular weight is 282 g/mol. The van der Waals surface area contributed by atoms with Crippen molar-refractivity contribution in [3.63, 3.8) is 0 Å². The van der Waals surface area contributed by atoms with Gasteiger partial charge in [-0.2, -0.15) is 0 Å². The van der Waals surface area contributed by atoms with Crippen LogP contribution in [0.1, 0.15) is 23.1 Å². The summed E-state index contributed by atoms with van der Waals surface area (Å²) in [4.78, 5) is 11.3. The highest BCUT2D eigenvalue weighted by Crippen LogP contribution is 2.27. The molecule has 0 unspecified atom stereocenters. The van der Waals surface area contributed by atoms with Gasteiger partial charge in [-0.15, -0.1) is 0 Å². The molecule has 21 heavy (non-hydrogen) atoms. The quantitative estimate of drug-likeness (QED) is 0.906. The molecule has 108 valence electrons. The molecule has 2 aromatic rings. The lowest BCUT2D eigenvalue weighted by atomic mass is 10.0. The highest BCUT2D eigenvalue weighted by Gasteiger charge is 2.14. The maximum absolute atomic E-state index is 11.3. The Balaban J connectivity index is 1.66. The minimum absolute atomic E-state index is 0.0798. The van der Waals surface area contributed by atoms with Crippen molar-refractivity contribution in [3.8, 4) is 5.75 Å². The summed E-state index contributed by atoms with van der Waals surface area (Å²) < 4.78 is 5.81. The van der Waals surface area contributed by atoms with Gasteiger partial charge in [0.25, 0.3) is 0 Å². The maximum atomic E-state index is 11.3. The summed E-state index contributed by atoms with van der Waals surface area (Å²) in [5.41, 5.74) is 9.83. The van der Waals surface area contributed by atoms with E-state index in [-0.39, 0.29) is 5.91 Å². The monoisotopic (exact) mass is 282 g/mol. The Morgan fingerprint density at radius 2 is 1.81 bits per heavy atom. The molecular formula is C17H18N2O2. The van der Waals surface area contributed by atoms with Crippen molar-refractivity contribution < 1.29 is 9.53 Å². The van der Waals surface area contributed by atoms with Crippen LogP contribution in [0.2, 0.25) is 0 Å². The molecule has 1 aliphatic rings. The van der Waals surface area contributed by atoms with E-state index in [9.17, 15) is 4.79 Å². The van der Waals surface area contributed by atoms with Crippen LogP contribution < -0.4 is 15.8 Å². The van der Waals surface area contributed by atoms with Gasteiger partial charge >= 0.3 is 0 Å². The van der Waals surface area contributed by atoms with Gasteiger partial charge in [-0.25, -0.2) is 0 Å². The lowest BCUT2D eigenvalue weighted by molar-refractivity contribution is -0.116. The maximum Gasteiger partial charge on any atom is 0.224 e. The lowest BCUT2D eigenvalue weighted by Crippen LogP contribution is -2.18. The van der Waals surface area contributed by atoms with E-state index < -0.39 is 0 Å². The second-order valence-electron chi connectivity index (χ2n) is 5.18. The number of hydrogen-bond acceptors (Lipinski definition) is 3. The van der Waals surface area contributed by atoms with Gasteiger partial charge in [-0.05, 0) is 41.3 Å². The summed E-state index contributed by atoms with van der Waals surface area (Å²) in [5, 5.41) is 2.87. The number of benzene rings is 2. The summed E-state index contributed by atoms with van der Waals surface area (Å²) in [6.45, 7) is 1.08. The van der Waals surface area contributed by atoms with Gasteiger partial charge in [0, 0.05) is 18.7 Å². The number of carbonyl (C=O) groups excluding carboxylic acids is 1. The van der Waals surface area contributed by atoms with Crippen LogP contribution in [0.25, 0.3) is 0 Å². The lowest BCUT2D eigenvalue weighted by Gasteiger charge is -2.17. The molecule has 4 heteroatoms. The van der Waals surface area contributed by atoms with Crippen LogP contribution in [0.4, 0.5) is 5.69 Å². The van der Waals surface area contributed by atoms with Crippen molar-refractivity contribution in [2.45, 2.75) is 26.0 Å². The number of ether oxygens (including phenoxy) is 1. The Bertz CT molecular complexity index is 650. The topological polar surface area (TPSA) is 64.3 Å². The first-order chi connectivity index (χ1) is 10.2. The normalized spacial score (nSPS) is 13.5. The van der Waals surface area contributed by atoms with E-state index >= 15 is 0 Å². The van der Waals surface area contributed by atoms with Crippen molar-refractivity contribution in [3.05, 3.63) is 59.2 Å². The third-order valence-electron chi connectivity index (χ3n) is 3.64. The number of nitrogens with one attached hydrogen (secondary N) is 1. The van der Waals surface area contributed by atoms with Gasteiger partial charge in [-0.1, -0.05) is 24.3 Å². The summed E-state index contributed by atoms with van der Waals surface area (Å²) in [6, 6.07) is 13.9. The van der Waals surface area contributed by atoms with Crippen LogP contribution >= 0.6 is 0 Å². The SMILES string of the molecule is NCc1ccc(COc2ccc3c(c2)CCC(=O)N3)cc1. The van der Waals surface area contributed by atoms with Crippen molar-refractivity contribution in [1.29, 1.82) is 0 Å². The van der Waals surface area contributed by atoms with E-state index in [2.05, 4.69) is 5.32 Å². The van der Waals surface area contributed by atoms with Gasteiger partial charge in [0.1, 0.15) is 12.4 Å². The molecule has 0 radical (unpaired) electrons. The molecule has 0 bridgehead atoms. The summed E-state index contributed by atoms with van der Waals surface area (Å²) in [7, 11) is 0. The number of fused-ring (bicyclic) bond motifs is 1. The molecule has 1 aliphatic heterocycles. The Hall–Kier alpha value is -2.33. The van der Waals surface area contributed by atoms with E-state index in [4.69, 9.17) is 10.5 Å². The fourth-order valence-electron chi connectivity index (χ4n) is 2.39. The van der Waals surface area contributed by atoms with Gasteiger partial charge in [0.2, 0.25) is 5.91 Å². The Morgan fingerprint density at radius 3 is 2.57 bits per heavy atom. The molecular weight excluding hydrogens is 264 g/mol. The van der Waals surface area contributed by atoms with Crippen LogP contribution in [-0.2, 0) is 24.4 Å². The molecule has 0 aromatic heterocycles. The van der Waals surface area contributed by atoms with E-state index in [1.54, 1.807) is 0 Å². The van der Waals surface area contributed by atoms with E-state index in [0.717, 1.165) is 34.5 Å². The molecule has 0 spiro atoms. The van der Waals surface area contributed by atoms with Gasteiger partial charge in [0.05, 0.1) is 0 Å². The number of rotatable bonds is 4. The molecule has 3 rings (SSSR count). The second kappa shape index (κ2) is 5.97. The summed E-state index contributed by atoms with van der Waals surface area (Å²) in [5.74, 6) is 0.906. The Kier molecular flexibility index (Phi) is 3.88. The number of amides is 1. The molecule has 2 aromatic carbocycles. The van der Waals surface area contributed by atoms with E-state index in [1.165, 1.54) is 0 Å². The van der Waals surface area contributed by atoms with E-state index in [1.807, 2.05) is 42.5 Å². The van der Waals surface area contributed by atoms with Gasteiger partial charge in [0.15, 0.2) is 0 Å². The highest BCUT2D eigenvalue weighted by atomic mass is 16.5. The zero-order chi connectivity index (χ0) is 14.7. The van der Waals surface area contributed by atoms with Crippen molar-refractivity contribution in [2.24, 2.45) is 5.73 Å². The van der Waals surface area contributed by atoms with Gasteiger partial charge < -0.3 is 15.8 Å². The molecule has 0 aliphatic carbocycles. The molecule has 0 atom stereocenters. The predicted octanol–water partition coefficient (Wildman–Crippen LogP) is 2.61. The number of carbonyl (C=O) groups is 1. The van der Waals surface area contributed by atoms with Crippen LogP contribution in [0.15, 0.2) is 42.5 Å². The zero-order valence-corrected chi connectivity index (χ0v) is 11.8. The van der Waals surface area contributed by atoms with Crippen molar-refractivity contribution in [2.75, 3.05) is 5.32 Å². The third kappa shape index (κ3) is 3.23. The fourth-order valence-corrected chi connectivity index (χ4v) is 2.39. The van der Waals surface area contributed by atoms with Gasteiger partial charge in [-0.3, -0.25) is 4.79 Å². The molecule has 1 amide bonds. The minimum atomic E-state index is 0.0798. The largest absolute Gasteiger partial charge is 0.489 e. The van der Waals surface area contributed by atoms with Crippen LogP contribution in [0.3, 0.4) is 0 Å². The Labute approximate surface area is 123 Å². The first-order valence-electron chi connectivity index (χ1n) is 7.08. The molecule has 1 heterocycles. The van der Waals surface area contributed by atoms with E-state index in [0.29, 0.717) is 19.6 Å². The third-order valence-corrected chi connectivity index (χ3v) is 3.64. The second-order valence-corrected chi connectivity index (χ2v) is 5.18. The molecule has 0 fully saturated rings. The highest BCUT2D eigenvalue weighted by molar-refractivity contribution is 5.93. The zero-order valence-electron chi connectivity index (χ0n) is 11.8. The number of hydrogen-bond donors (Lipinski definition) is 2. The Morgan fingerprint density at radius 1 is 1.05 bits per heavy atom.